The van der Waals surface area contributed by atoms with E-state index in [4.69, 9.17) is 4.74 Å². The fourth-order valence-corrected chi connectivity index (χ4v) is 3.65. The number of nitrogens with one attached hydrogen (secondary N) is 3. The van der Waals surface area contributed by atoms with Gasteiger partial charge in [0.1, 0.15) is 0 Å². The molecule has 0 aliphatic heterocycles. The number of hydrogen-bond donors (Lipinski definition) is 3. The van der Waals surface area contributed by atoms with E-state index >= 15 is 0 Å². The number of hydrogen-bond acceptors (Lipinski definition) is 6. The molecule has 10 heteroatoms. The fourth-order valence-electron chi connectivity index (χ4n) is 2.87. The van der Waals surface area contributed by atoms with Crippen LogP contribution in [0.1, 0.15) is 49.4 Å². The number of esters is 1. The van der Waals surface area contributed by atoms with Gasteiger partial charge in [-0.25, -0.2) is 22.7 Å². The van der Waals surface area contributed by atoms with Crippen molar-refractivity contribution in [2.45, 2.75) is 56.1 Å². The third-order valence-electron chi connectivity index (χ3n) is 4.48. The summed E-state index contributed by atoms with van der Waals surface area (Å²) in [5.41, 5.74) is -0.0253. The third-order valence-corrected chi connectivity index (χ3v) is 5.89. The largest absolute Gasteiger partial charge is 0.449 e. The molecular formula is C18H25N3O6S. The normalized spacial score (nSPS) is 16.1. The van der Waals surface area contributed by atoms with Crippen molar-refractivity contribution in [3.05, 3.63) is 29.8 Å². The first-order chi connectivity index (χ1) is 13.2. The predicted molar refractivity (Wildman–Crippen MR) is 101 cm³/mol. The second-order valence-corrected chi connectivity index (χ2v) is 8.47. The summed E-state index contributed by atoms with van der Waals surface area (Å²) in [6, 6.07) is 4.65. The van der Waals surface area contributed by atoms with Crippen LogP contribution >= 0.6 is 0 Å². The molecule has 154 valence electrons. The number of sulfonamides is 1. The van der Waals surface area contributed by atoms with Crippen LogP contribution in [0.4, 0.5) is 4.79 Å². The molecular weight excluding hydrogens is 386 g/mol. The molecule has 0 bridgehead atoms. The van der Waals surface area contributed by atoms with Crippen LogP contribution in [0, 0.1) is 0 Å². The summed E-state index contributed by atoms with van der Waals surface area (Å²) in [4.78, 5) is 36.1. The van der Waals surface area contributed by atoms with Crippen LogP contribution in [0.25, 0.3) is 0 Å². The van der Waals surface area contributed by atoms with Crippen molar-refractivity contribution in [2.24, 2.45) is 0 Å². The number of carbonyl (C=O) groups excluding carboxylic acids is 3. The van der Waals surface area contributed by atoms with Crippen LogP contribution in [0.3, 0.4) is 0 Å². The Labute approximate surface area is 164 Å². The van der Waals surface area contributed by atoms with Gasteiger partial charge in [-0.3, -0.25) is 10.1 Å². The lowest BCUT2D eigenvalue weighted by molar-refractivity contribution is -0.127. The first-order valence-electron chi connectivity index (χ1n) is 9.09. The summed E-state index contributed by atoms with van der Waals surface area (Å²) in [5.74, 6) is -1.64. The Morgan fingerprint density at radius 1 is 1.14 bits per heavy atom. The smallest absolute Gasteiger partial charge is 0.338 e. The number of urea groups is 1. The Kier molecular flexibility index (Phi) is 7.53. The average Bonchev–Trinajstić information content (AvgIpc) is 2.68. The Morgan fingerprint density at radius 2 is 1.82 bits per heavy atom. The maximum atomic E-state index is 12.2. The SMILES string of the molecule is CNS(=O)(=O)c1cccc(C(=O)OC(C)C(=O)NC(=O)NC2CCCCC2)c1. The molecule has 1 atom stereocenters. The molecule has 0 radical (unpaired) electrons. The van der Waals surface area contributed by atoms with E-state index in [0.29, 0.717) is 0 Å². The standard InChI is InChI=1S/C18H25N3O6S/c1-12(16(22)21-18(24)20-14-8-4-3-5-9-14)27-17(23)13-7-6-10-15(11-13)28(25,26)19-2/h6-7,10-12,14,19H,3-5,8-9H2,1-2H3,(H2,20,21,22,24). The van der Waals surface area contributed by atoms with Gasteiger partial charge in [0.2, 0.25) is 10.0 Å². The highest BCUT2D eigenvalue weighted by Gasteiger charge is 2.23. The zero-order chi connectivity index (χ0) is 20.7. The lowest BCUT2D eigenvalue weighted by Crippen LogP contribution is -2.48. The number of rotatable bonds is 6. The first-order valence-corrected chi connectivity index (χ1v) is 10.6. The number of carbonyl (C=O) groups is 3. The molecule has 0 heterocycles. The van der Waals surface area contributed by atoms with Crippen LogP contribution in [-0.4, -0.2) is 45.5 Å². The maximum Gasteiger partial charge on any atom is 0.338 e. The van der Waals surface area contributed by atoms with Crippen molar-refractivity contribution in [1.29, 1.82) is 0 Å². The molecule has 0 saturated heterocycles. The van der Waals surface area contributed by atoms with Crippen LogP contribution in [0.15, 0.2) is 29.2 Å². The molecule has 0 spiro atoms. The molecule has 3 amide bonds. The van der Waals surface area contributed by atoms with Crippen LogP contribution in [0.2, 0.25) is 0 Å². The lowest BCUT2D eigenvalue weighted by atomic mass is 9.96. The summed E-state index contributed by atoms with van der Waals surface area (Å²) < 4.78 is 30.8. The maximum absolute atomic E-state index is 12.2. The van der Waals surface area contributed by atoms with Crippen molar-refractivity contribution < 1.29 is 27.5 Å². The molecule has 0 aromatic heterocycles. The second kappa shape index (κ2) is 9.65. The van der Waals surface area contributed by atoms with E-state index in [2.05, 4.69) is 15.4 Å². The molecule has 1 unspecified atom stereocenters. The average molecular weight is 411 g/mol. The zero-order valence-electron chi connectivity index (χ0n) is 15.9. The van der Waals surface area contributed by atoms with Gasteiger partial charge in [-0.1, -0.05) is 25.3 Å². The molecule has 9 nitrogen and oxygen atoms in total. The summed E-state index contributed by atoms with van der Waals surface area (Å²) >= 11 is 0. The second-order valence-electron chi connectivity index (χ2n) is 6.58. The molecule has 1 aromatic carbocycles. The van der Waals surface area contributed by atoms with Crippen molar-refractivity contribution in [3.63, 3.8) is 0 Å². The quantitative estimate of drug-likeness (QED) is 0.605. The predicted octanol–water partition coefficient (Wildman–Crippen LogP) is 1.30. The lowest BCUT2D eigenvalue weighted by Gasteiger charge is -2.23. The number of ether oxygens (including phenoxy) is 1. The van der Waals surface area contributed by atoms with Gasteiger partial charge in [-0.15, -0.1) is 0 Å². The monoisotopic (exact) mass is 411 g/mol. The van der Waals surface area contributed by atoms with Gasteiger partial charge < -0.3 is 10.1 Å². The van der Waals surface area contributed by atoms with Gasteiger partial charge in [0.25, 0.3) is 5.91 Å². The van der Waals surface area contributed by atoms with Crippen molar-refractivity contribution in [1.82, 2.24) is 15.4 Å². The zero-order valence-corrected chi connectivity index (χ0v) is 16.7. The molecule has 1 aliphatic carbocycles. The van der Waals surface area contributed by atoms with Crippen LogP contribution < -0.4 is 15.4 Å². The Bertz CT molecular complexity index is 833. The van der Waals surface area contributed by atoms with Gasteiger partial charge >= 0.3 is 12.0 Å². The highest BCUT2D eigenvalue weighted by molar-refractivity contribution is 7.89. The van der Waals surface area contributed by atoms with Gasteiger partial charge in [0.05, 0.1) is 10.5 Å². The van der Waals surface area contributed by atoms with Crippen LogP contribution in [0.5, 0.6) is 0 Å². The van der Waals surface area contributed by atoms with E-state index in [9.17, 15) is 22.8 Å². The highest BCUT2D eigenvalue weighted by atomic mass is 32.2. The fraction of sp³-hybridized carbons (Fsp3) is 0.500. The molecule has 1 aromatic rings. The minimum atomic E-state index is -3.72. The topological polar surface area (TPSA) is 131 Å². The Balaban J connectivity index is 1.91. The number of imide groups is 1. The first kappa shape index (κ1) is 21.8. The van der Waals surface area contributed by atoms with Gasteiger partial charge in [-0.2, -0.15) is 0 Å². The highest BCUT2D eigenvalue weighted by Crippen LogP contribution is 2.17. The van der Waals surface area contributed by atoms with Crippen LogP contribution in [-0.2, 0) is 19.6 Å². The van der Waals surface area contributed by atoms with Crippen molar-refractivity contribution in [3.8, 4) is 0 Å². The summed E-state index contributed by atoms with van der Waals surface area (Å²) in [5, 5.41) is 4.89. The van der Waals surface area contributed by atoms with Crippen molar-refractivity contribution >= 4 is 27.9 Å². The molecule has 1 saturated carbocycles. The van der Waals surface area contributed by atoms with Crippen molar-refractivity contribution in [2.75, 3.05) is 7.05 Å². The van der Waals surface area contributed by atoms with Gasteiger partial charge in [0.15, 0.2) is 6.10 Å². The summed E-state index contributed by atoms with van der Waals surface area (Å²) in [7, 11) is -2.46. The van der Waals surface area contributed by atoms with Gasteiger partial charge in [-0.05, 0) is 45.0 Å². The van der Waals surface area contributed by atoms with E-state index in [-0.39, 0.29) is 16.5 Å². The van der Waals surface area contributed by atoms with Gasteiger partial charge in [0, 0.05) is 6.04 Å². The van der Waals surface area contributed by atoms with E-state index in [1.165, 1.54) is 32.2 Å². The molecule has 3 N–H and O–H groups in total. The van der Waals surface area contributed by atoms with E-state index in [0.717, 1.165) is 38.2 Å². The van der Waals surface area contributed by atoms with E-state index in [1.807, 2.05) is 0 Å². The molecule has 28 heavy (non-hydrogen) atoms. The van der Waals surface area contributed by atoms with E-state index in [1.54, 1.807) is 0 Å². The third kappa shape index (κ3) is 6.03. The molecule has 1 aliphatic rings. The molecule has 1 fully saturated rings. The summed E-state index contributed by atoms with van der Waals surface area (Å²) in [6.45, 7) is 1.33. The minimum absolute atomic E-state index is 0.0253. The Morgan fingerprint density at radius 3 is 2.46 bits per heavy atom. The number of amides is 3. The number of benzene rings is 1. The Hall–Kier alpha value is -2.46. The summed E-state index contributed by atoms with van der Waals surface area (Å²) in [6.07, 6.45) is 3.73. The van der Waals surface area contributed by atoms with E-state index < -0.39 is 34.0 Å². The minimum Gasteiger partial charge on any atom is -0.449 e. The molecule has 2 rings (SSSR count).